The molecular weight excluding hydrogens is 290 g/mol. The molecule has 0 heterocycles. The van der Waals surface area contributed by atoms with Crippen molar-refractivity contribution in [2.45, 2.75) is 0 Å². The highest BCUT2D eigenvalue weighted by Crippen LogP contribution is 2.31. The zero-order valence-electron chi connectivity index (χ0n) is 12.1. The number of nitrogens with one attached hydrogen (secondary N) is 2. The Morgan fingerprint density at radius 1 is 0.913 bits per heavy atom. The number of azide groups is 1. The van der Waals surface area contributed by atoms with E-state index in [0.717, 1.165) is 10.8 Å². The number of hydrogen-bond donors (Lipinski definition) is 2. The van der Waals surface area contributed by atoms with Gasteiger partial charge in [0.05, 0.1) is 11.4 Å². The number of carbonyl (C=O) groups excluding carboxylic acids is 1. The zero-order chi connectivity index (χ0) is 16.1. The largest absolute Gasteiger partial charge is 0.323 e. The third-order valence-electron chi connectivity index (χ3n) is 3.30. The summed E-state index contributed by atoms with van der Waals surface area (Å²) >= 11 is 0. The van der Waals surface area contributed by atoms with E-state index in [4.69, 9.17) is 5.53 Å². The van der Waals surface area contributed by atoms with Gasteiger partial charge in [0.25, 0.3) is 0 Å². The molecule has 3 rings (SSSR count). The molecule has 6 heteroatoms. The van der Waals surface area contributed by atoms with Crippen LogP contribution >= 0.6 is 0 Å². The van der Waals surface area contributed by atoms with Crippen molar-refractivity contribution in [2.75, 3.05) is 10.6 Å². The standard InChI is InChI=1S/C17H13N5O/c18-22-21-16-11-13-7-5-4-6-12(13)10-15(16)20-17(23)19-14-8-2-1-3-9-14/h1-11H,(H2,19,20,23). The molecular formula is C17H13N5O. The average Bonchev–Trinajstić information content (AvgIpc) is 2.56. The highest BCUT2D eigenvalue weighted by molar-refractivity contribution is 6.03. The maximum atomic E-state index is 12.1. The van der Waals surface area contributed by atoms with Crippen LogP contribution in [0.5, 0.6) is 0 Å². The first kappa shape index (κ1) is 14.4. The zero-order valence-corrected chi connectivity index (χ0v) is 12.1. The highest BCUT2D eigenvalue weighted by atomic mass is 16.2. The van der Waals surface area contributed by atoms with Crippen LogP contribution in [0, 0.1) is 0 Å². The third kappa shape index (κ3) is 3.40. The molecule has 3 aromatic carbocycles. The van der Waals surface area contributed by atoms with Crippen molar-refractivity contribution in [2.24, 2.45) is 5.11 Å². The van der Waals surface area contributed by atoms with E-state index in [0.29, 0.717) is 17.1 Å². The Labute approximate surface area is 132 Å². The lowest BCUT2D eigenvalue weighted by atomic mass is 10.1. The summed E-state index contributed by atoms with van der Waals surface area (Å²) in [7, 11) is 0. The van der Waals surface area contributed by atoms with E-state index in [1.807, 2.05) is 42.5 Å². The Bertz CT molecular complexity index is 901. The van der Waals surface area contributed by atoms with Gasteiger partial charge in [-0.05, 0) is 40.6 Å². The van der Waals surface area contributed by atoms with Crippen LogP contribution in [-0.4, -0.2) is 6.03 Å². The Hall–Kier alpha value is -3.50. The molecule has 0 saturated heterocycles. The first-order valence-corrected chi connectivity index (χ1v) is 6.97. The number of rotatable bonds is 3. The number of anilines is 2. The molecule has 0 bridgehead atoms. The Morgan fingerprint density at radius 3 is 2.26 bits per heavy atom. The van der Waals surface area contributed by atoms with E-state index in [1.54, 1.807) is 24.3 Å². The van der Waals surface area contributed by atoms with E-state index in [2.05, 4.69) is 20.7 Å². The van der Waals surface area contributed by atoms with Crippen LogP contribution < -0.4 is 10.6 Å². The Morgan fingerprint density at radius 2 is 1.57 bits per heavy atom. The average molecular weight is 303 g/mol. The summed E-state index contributed by atoms with van der Waals surface area (Å²) in [5.74, 6) is 0. The minimum Gasteiger partial charge on any atom is -0.308 e. The Balaban J connectivity index is 1.90. The summed E-state index contributed by atoms with van der Waals surface area (Å²) in [6, 6.07) is 19.9. The number of para-hydroxylation sites is 1. The normalized spacial score (nSPS) is 9.91. The van der Waals surface area contributed by atoms with Crippen molar-refractivity contribution in [3.8, 4) is 0 Å². The monoisotopic (exact) mass is 303 g/mol. The van der Waals surface area contributed by atoms with Gasteiger partial charge in [-0.3, -0.25) is 0 Å². The fourth-order valence-corrected chi connectivity index (χ4v) is 2.27. The van der Waals surface area contributed by atoms with Gasteiger partial charge in [-0.25, -0.2) is 4.79 Å². The maximum Gasteiger partial charge on any atom is 0.323 e. The summed E-state index contributed by atoms with van der Waals surface area (Å²) < 4.78 is 0. The molecule has 0 fully saturated rings. The lowest BCUT2D eigenvalue weighted by Crippen LogP contribution is -2.19. The lowest BCUT2D eigenvalue weighted by molar-refractivity contribution is 0.262. The van der Waals surface area contributed by atoms with Gasteiger partial charge in [0.1, 0.15) is 0 Å². The highest BCUT2D eigenvalue weighted by Gasteiger charge is 2.08. The predicted octanol–water partition coefficient (Wildman–Crippen LogP) is 5.43. The molecule has 0 radical (unpaired) electrons. The molecule has 6 nitrogen and oxygen atoms in total. The van der Waals surface area contributed by atoms with Gasteiger partial charge in [-0.15, -0.1) is 0 Å². The molecule has 0 aliphatic heterocycles. The molecule has 2 N–H and O–H groups in total. The Kier molecular flexibility index (Phi) is 4.09. The van der Waals surface area contributed by atoms with E-state index in [1.165, 1.54) is 0 Å². The SMILES string of the molecule is [N-]=[N+]=Nc1cc2ccccc2cc1NC(=O)Nc1ccccc1. The van der Waals surface area contributed by atoms with E-state index in [9.17, 15) is 4.79 Å². The minimum absolute atomic E-state index is 0.370. The second-order valence-electron chi connectivity index (χ2n) is 4.85. The molecule has 0 atom stereocenters. The van der Waals surface area contributed by atoms with Gasteiger partial charge in [0, 0.05) is 10.6 Å². The van der Waals surface area contributed by atoms with E-state index in [-0.39, 0.29) is 0 Å². The number of urea groups is 1. The number of nitrogens with zero attached hydrogens (tertiary/aromatic N) is 3. The van der Waals surface area contributed by atoms with Gasteiger partial charge < -0.3 is 10.6 Å². The van der Waals surface area contributed by atoms with Gasteiger partial charge in [0.2, 0.25) is 0 Å². The molecule has 0 unspecified atom stereocenters. The van der Waals surface area contributed by atoms with Crippen LogP contribution in [0.25, 0.3) is 21.2 Å². The lowest BCUT2D eigenvalue weighted by Gasteiger charge is -2.11. The van der Waals surface area contributed by atoms with Gasteiger partial charge in [-0.2, -0.15) is 0 Å². The molecule has 0 spiro atoms. The summed E-state index contributed by atoms with van der Waals surface area (Å²) in [6.45, 7) is 0. The summed E-state index contributed by atoms with van der Waals surface area (Å²) in [5.41, 5.74) is 10.2. The van der Waals surface area contributed by atoms with Crippen molar-refractivity contribution < 1.29 is 4.79 Å². The van der Waals surface area contributed by atoms with E-state index < -0.39 is 6.03 Å². The van der Waals surface area contributed by atoms with Crippen LogP contribution in [0.2, 0.25) is 0 Å². The molecule has 112 valence electrons. The molecule has 3 aromatic rings. The van der Waals surface area contributed by atoms with Crippen molar-refractivity contribution >= 4 is 33.9 Å². The fraction of sp³-hybridized carbons (Fsp3) is 0. The fourth-order valence-electron chi connectivity index (χ4n) is 2.27. The molecule has 0 aliphatic carbocycles. The second-order valence-corrected chi connectivity index (χ2v) is 4.85. The third-order valence-corrected chi connectivity index (χ3v) is 3.30. The maximum absolute atomic E-state index is 12.1. The van der Waals surface area contributed by atoms with Gasteiger partial charge in [0.15, 0.2) is 0 Å². The number of carbonyl (C=O) groups is 1. The molecule has 0 aromatic heterocycles. The van der Waals surface area contributed by atoms with Crippen LogP contribution in [0.1, 0.15) is 0 Å². The number of amides is 2. The van der Waals surface area contributed by atoms with Gasteiger partial charge in [-0.1, -0.05) is 47.6 Å². The number of fused-ring (bicyclic) bond motifs is 1. The van der Waals surface area contributed by atoms with E-state index >= 15 is 0 Å². The summed E-state index contributed by atoms with van der Waals surface area (Å²) in [4.78, 5) is 14.9. The number of hydrogen-bond acceptors (Lipinski definition) is 2. The molecule has 2 amide bonds. The predicted molar refractivity (Wildman–Crippen MR) is 91.8 cm³/mol. The molecule has 23 heavy (non-hydrogen) atoms. The first-order chi connectivity index (χ1) is 11.3. The summed E-state index contributed by atoms with van der Waals surface area (Å²) in [6.07, 6.45) is 0. The van der Waals surface area contributed by atoms with Crippen LogP contribution in [0.15, 0.2) is 71.8 Å². The summed E-state index contributed by atoms with van der Waals surface area (Å²) in [5, 5.41) is 11.0. The smallest absolute Gasteiger partial charge is 0.308 e. The van der Waals surface area contributed by atoms with Gasteiger partial charge >= 0.3 is 6.03 Å². The second kappa shape index (κ2) is 6.51. The molecule has 0 saturated carbocycles. The number of benzene rings is 3. The first-order valence-electron chi connectivity index (χ1n) is 6.97. The topological polar surface area (TPSA) is 89.9 Å². The molecule has 0 aliphatic rings. The van der Waals surface area contributed by atoms with Crippen LogP contribution in [-0.2, 0) is 0 Å². The van der Waals surface area contributed by atoms with Crippen molar-refractivity contribution in [1.82, 2.24) is 0 Å². The quantitative estimate of drug-likeness (QED) is 0.377. The van der Waals surface area contributed by atoms with Crippen LogP contribution in [0.4, 0.5) is 21.9 Å². The minimum atomic E-state index is -0.402. The van der Waals surface area contributed by atoms with Crippen molar-refractivity contribution in [3.05, 3.63) is 77.2 Å². The van der Waals surface area contributed by atoms with Crippen molar-refractivity contribution in [3.63, 3.8) is 0 Å². The van der Waals surface area contributed by atoms with Crippen LogP contribution in [0.3, 0.4) is 0 Å². The van der Waals surface area contributed by atoms with Crippen molar-refractivity contribution in [1.29, 1.82) is 0 Å².